The van der Waals surface area contributed by atoms with Crippen molar-refractivity contribution < 1.29 is 13.2 Å². The van der Waals surface area contributed by atoms with Crippen LogP contribution in [0.4, 0.5) is 0 Å². The van der Waals surface area contributed by atoms with Gasteiger partial charge in [-0.1, -0.05) is 0 Å². The minimum absolute atomic E-state index is 0.0335. The predicted molar refractivity (Wildman–Crippen MR) is 62.1 cm³/mol. The van der Waals surface area contributed by atoms with Crippen LogP contribution in [0.5, 0.6) is 0 Å². The van der Waals surface area contributed by atoms with Gasteiger partial charge in [0.15, 0.2) is 5.03 Å². The number of aryl methyl sites for hydroxylation is 1. The third-order valence-corrected chi connectivity index (χ3v) is 4.30. The molecule has 6 nitrogen and oxygen atoms in total. The van der Waals surface area contributed by atoms with Crippen molar-refractivity contribution in [3.05, 3.63) is 12.0 Å². The molecule has 7 heteroatoms. The topological polar surface area (TPSA) is 84.1 Å². The number of rotatable bonds is 4. The fraction of sp³-hybridized carbons (Fsp3) is 0.700. The Morgan fingerprint density at radius 2 is 2.41 bits per heavy atom. The second-order valence-electron chi connectivity index (χ2n) is 4.29. The van der Waals surface area contributed by atoms with Gasteiger partial charge in [0, 0.05) is 12.6 Å². The molecule has 0 aliphatic carbocycles. The molecule has 2 unspecified atom stereocenters. The van der Waals surface area contributed by atoms with Crippen LogP contribution in [-0.2, 0) is 14.8 Å². The van der Waals surface area contributed by atoms with Crippen molar-refractivity contribution in [2.45, 2.75) is 43.9 Å². The fourth-order valence-electron chi connectivity index (χ4n) is 1.92. The number of ether oxygens (including phenoxy) is 1. The Balaban J connectivity index is 2.06. The van der Waals surface area contributed by atoms with Crippen molar-refractivity contribution in [3.8, 4) is 0 Å². The molecule has 2 atom stereocenters. The third kappa shape index (κ3) is 2.85. The zero-order valence-electron chi connectivity index (χ0n) is 9.93. The van der Waals surface area contributed by atoms with E-state index in [9.17, 15) is 8.42 Å². The van der Waals surface area contributed by atoms with E-state index in [1.165, 1.54) is 6.20 Å². The van der Waals surface area contributed by atoms with E-state index in [0.717, 1.165) is 12.8 Å². The molecule has 0 spiro atoms. The number of aromatic nitrogens is 2. The summed E-state index contributed by atoms with van der Waals surface area (Å²) in [4.78, 5) is 6.59. The van der Waals surface area contributed by atoms with Crippen LogP contribution in [0.1, 0.15) is 25.6 Å². The Bertz CT molecular complexity index is 477. The van der Waals surface area contributed by atoms with Gasteiger partial charge in [0.1, 0.15) is 5.82 Å². The van der Waals surface area contributed by atoms with Gasteiger partial charge in [0.2, 0.25) is 0 Å². The SMILES string of the molecule is Cc1ncc(S(=O)(=O)NC(C)C2CCCO2)[nH]1. The first-order chi connectivity index (χ1) is 7.99. The molecule has 1 saturated heterocycles. The largest absolute Gasteiger partial charge is 0.377 e. The number of hydrogen-bond donors (Lipinski definition) is 2. The third-order valence-electron chi connectivity index (χ3n) is 2.83. The molecule has 1 aromatic heterocycles. The van der Waals surface area contributed by atoms with Crippen molar-refractivity contribution in [1.82, 2.24) is 14.7 Å². The van der Waals surface area contributed by atoms with Gasteiger partial charge in [-0.25, -0.2) is 18.1 Å². The van der Waals surface area contributed by atoms with E-state index < -0.39 is 10.0 Å². The molecular formula is C10H17N3O3S. The summed E-state index contributed by atoms with van der Waals surface area (Å²) in [5, 5.41) is 0.0971. The summed E-state index contributed by atoms with van der Waals surface area (Å²) in [5.41, 5.74) is 0. The molecule has 0 radical (unpaired) electrons. The molecule has 2 heterocycles. The summed E-state index contributed by atoms with van der Waals surface area (Å²) in [7, 11) is -3.52. The maximum atomic E-state index is 12.0. The van der Waals surface area contributed by atoms with E-state index in [1.54, 1.807) is 6.92 Å². The van der Waals surface area contributed by atoms with E-state index in [4.69, 9.17) is 4.74 Å². The standard InChI is InChI=1S/C10H17N3O3S/c1-7(9-4-3-5-16-9)13-17(14,15)10-6-11-8(2)12-10/h6-7,9,13H,3-5H2,1-2H3,(H,11,12). The Hall–Kier alpha value is -0.920. The van der Waals surface area contributed by atoms with Crippen LogP contribution >= 0.6 is 0 Å². The summed E-state index contributed by atoms with van der Waals surface area (Å²) >= 11 is 0. The molecule has 1 aromatic rings. The van der Waals surface area contributed by atoms with Gasteiger partial charge in [0.25, 0.3) is 10.0 Å². The summed E-state index contributed by atoms with van der Waals surface area (Å²) in [6.07, 6.45) is 3.17. The maximum absolute atomic E-state index is 12.0. The molecule has 2 N–H and O–H groups in total. The highest BCUT2D eigenvalue weighted by molar-refractivity contribution is 7.89. The number of sulfonamides is 1. The minimum atomic E-state index is -3.52. The highest BCUT2D eigenvalue weighted by atomic mass is 32.2. The van der Waals surface area contributed by atoms with Crippen LogP contribution in [0, 0.1) is 6.92 Å². The Morgan fingerprint density at radius 3 is 2.94 bits per heavy atom. The lowest BCUT2D eigenvalue weighted by atomic mass is 10.1. The van der Waals surface area contributed by atoms with Crippen LogP contribution in [0.2, 0.25) is 0 Å². The van der Waals surface area contributed by atoms with Crippen molar-refractivity contribution in [2.24, 2.45) is 0 Å². The molecule has 0 saturated carbocycles. The second-order valence-corrected chi connectivity index (χ2v) is 5.98. The van der Waals surface area contributed by atoms with Crippen LogP contribution in [0.3, 0.4) is 0 Å². The highest BCUT2D eigenvalue weighted by Crippen LogP contribution is 2.17. The van der Waals surface area contributed by atoms with Crippen LogP contribution in [-0.4, -0.2) is 37.1 Å². The number of nitrogens with one attached hydrogen (secondary N) is 2. The molecule has 0 amide bonds. The molecule has 1 aliphatic heterocycles. The molecule has 2 rings (SSSR count). The maximum Gasteiger partial charge on any atom is 0.257 e. The number of imidazole rings is 1. The van der Waals surface area contributed by atoms with Crippen LogP contribution in [0.25, 0.3) is 0 Å². The lowest BCUT2D eigenvalue weighted by molar-refractivity contribution is 0.0902. The Labute approximate surface area is 101 Å². The monoisotopic (exact) mass is 259 g/mol. The first-order valence-corrected chi connectivity index (χ1v) is 7.13. The summed E-state index contributed by atoms with van der Waals surface area (Å²) < 4.78 is 32.0. The average Bonchev–Trinajstić information content (AvgIpc) is 2.86. The first-order valence-electron chi connectivity index (χ1n) is 5.64. The molecule has 96 valence electrons. The van der Waals surface area contributed by atoms with Crippen molar-refractivity contribution >= 4 is 10.0 Å². The number of aromatic amines is 1. The number of H-pyrrole nitrogens is 1. The van der Waals surface area contributed by atoms with Gasteiger partial charge < -0.3 is 9.72 Å². The molecule has 0 aromatic carbocycles. The fourth-order valence-corrected chi connectivity index (χ4v) is 3.16. The number of hydrogen-bond acceptors (Lipinski definition) is 4. The molecule has 17 heavy (non-hydrogen) atoms. The van der Waals surface area contributed by atoms with Crippen molar-refractivity contribution in [2.75, 3.05) is 6.61 Å². The van der Waals surface area contributed by atoms with Crippen molar-refractivity contribution in [3.63, 3.8) is 0 Å². The zero-order valence-corrected chi connectivity index (χ0v) is 10.8. The highest BCUT2D eigenvalue weighted by Gasteiger charge is 2.27. The van der Waals surface area contributed by atoms with E-state index in [-0.39, 0.29) is 17.2 Å². The second kappa shape index (κ2) is 4.75. The predicted octanol–water partition coefficient (Wildman–Crippen LogP) is 0.564. The van der Waals surface area contributed by atoms with E-state index in [1.807, 2.05) is 6.92 Å². The smallest absolute Gasteiger partial charge is 0.257 e. The van der Waals surface area contributed by atoms with Gasteiger partial charge in [-0.15, -0.1) is 0 Å². The minimum Gasteiger partial charge on any atom is -0.377 e. The van der Waals surface area contributed by atoms with Gasteiger partial charge >= 0.3 is 0 Å². The average molecular weight is 259 g/mol. The van der Waals surface area contributed by atoms with Gasteiger partial charge in [-0.3, -0.25) is 0 Å². The summed E-state index contributed by atoms with van der Waals surface area (Å²) in [6.45, 7) is 4.24. The molecule has 1 fully saturated rings. The van der Waals surface area contributed by atoms with Gasteiger partial charge in [-0.05, 0) is 26.7 Å². The lowest BCUT2D eigenvalue weighted by Gasteiger charge is -2.19. The number of nitrogens with zero attached hydrogens (tertiary/aromatic N) is 1. The zero-order chi connectivity index (χ0) is 12.5. The van der Waals surface area contributed by atoms with Crippen molar-refractivity contribution in [1.29, 1.82) is 0 Å². The van der Waals surface area contributed by atoms with E-state index >= 15 is 0 Å². The molecule has 1 aliphatic rings. The Morgan fingerprint density at radius 1 is 1.65 bits per heavy atom. The molecule has 0 bridgehead atoms. The molecular weight excluding hydrogens is 242 g/mol. The quantitative estimate of drug-likeness (QED) is 0.827. The summed E-state index contributed by atoms with van der Waals surface area (Å²) in [5.74, 6) is 0.579. The Kier molecular flexibility index (Phi) is 3.50. The normalized spacial score (nSPS) is 22.8. The van der Waals surface area contributed by atoms with Gasteiger partial charge in [-0.2, -0.15) is 0 Å². The first kappa shape index (κ1) is 12.5. The summed E-state index contributed by atoms with van der Waals surface area (Å²) in [6, 6.07) is -0.230. The van der Waals surface area contributed by atoms with E-state index in [2.05, 4.69) is 14.7 Å². The van der Waals surface area contributed by atoms with Crippen LogP contribution < -0.4 is 4.72 Å². The van der Waals surface area contributed by atoms with Crippen LogP contribution in [0.15, 0.2) is 11.2 Å². The van der Waals surface area contributed by atoms with E-state index in [0.29, 0.717) is 12.4 Å². The van der Waals surface area contributed by atoms with Gasteiger partial charge in [0.05, 0.1) is 12.3 Å². The lowest BCUT2D eigenvalue weighted by Crippen LogP contribution is -2.40.